The van der Waals surface area contributed by atoms with Gasteiger partial charge in [-0.25, -0.2) is 4.98 Å². The summed E-state index contributed by atoms with van der Waals surface area (Å²) in [7, 11) is 1.74. The average molecular weight is 343 g/mol. The predicted molar refractivity (Wildman–Crippen MR) is 98.1 cm³/mol. The van der Waals surface area contributed by atoms with Crippen molar-refractivity contribution in [1.29, 1.82) is 0 Å². The third kappa shape index (κ3) is 3.54. The number of thiazole rings is 1. The minimum absolute atomic E-state index is 0.0294. The molecule has 0 atom stereocenters. The molecular weight excluding hydrogens is 326 g/mol. The molecule has 1 saturated heterocycles. The summed E-state index contributed by atoms with van der Waals surface area (Å²) in [6.45, 7) is 4.33. The van der Waals surface area contributed by atoms with E-state index in [0.717, 1.165) is 5.56 Å². The van der Waals surface area contributed by atoms with Crippen molar-refractivity contribution in [2.45, 2.75) is 19.8 Å². The Morgan fingerprint density at radius 1 is 1.26 bits per heavy atom. The van der Waals surface area contributed by atoms with Crippen LogP contribution in [0.4, 0.5) is 5.13 Å². The molecule has 0 N–H and O–H groups in total. The Kier molecular flexibility index (Phi) is 4.63. The third-order valence-corrected chi connectivity index (χ3v) is 5.24. The van der Waals surface area contributed by atoms with Crippen molar-refractivity contribution in [3.05, 3.63) is 51.9 Å². The smallest absolute Gasteiger partial charge is 0.266 e. The number of amidine groups is 1. The van der Waals surface area contributed by atoms with E-state index >= 15 is 0 Å². The Bertz CT molecular complexity index is 762. The van der Waals surface area contributed by atoms with Crippen molar-refractivity contribution >= 4 is 45.4 Å². The lowest BCUT2D eigenvalue weighted by Crippen LogP contribution is -2.23. The second-order valence-electron chi connectivity index (χ2n) is 5.51. The topological polar surface area (TPSA) is 45.6 Å². The van der Waals surface area contributed by atoms with Gasteiger partial charge in [0.2, 0.25) is 5.13 Å². The Labute approximate surface area is 144 Å². The number of thioether (sulfide) groups is 1. The largest absolute Gasteiger partial charge is 0.289 e. The quantitative estimate of drug-likeness (QED) is 0.771. The van der Waals surface area contributed by atoms with Gasteiger partial charge in [0.25, 0.3) is 5.91 Å². The molecule has 1 fully saturated rings. The van der Waals surface area contributed by atoms with E-state index in [2.05, 4.69) is 36.0 Å². The van der Waals surface area contributed by atoms with Gasteiger partial charge in [-0.3, -0.25) is 9.69 Å². The van der Waals surface area contributed by atoms with Gasteiger partial charge in [-0.1, -0.05) is 38.1 Å². The number of benzene rings is 1. The number of aliphatic imine (C=N–C) groups is 1. The summed E-state index contributed by atoms with van der Waals surface area (Å²) in [6.07, 6.45) is 3.62. The predicted octanol–water partition coefficient (Wildman–Crippen LogP) is 4.50. The first-order valence-electron chi connectivity index (χ1n) is 7.30. The fraction of sp³-hybridized carbons (Fsp3) is 0.235. The first-order chi connectivity index (χ1) is 11.0. The molecule has 1 aliphatic heterocycles. The summed E-state index contributed by atoms with van der Waals surface area (Å²) < 4.78 is 0. The SMILES string of the molecule is CC(C)c1ccc(/C=C2\S/C(=N/c3nccs3)N(C)C2=O)cc1. The molecule has 2 heterocycles. The van der Waals surface area contributed by atoms with Crippen LogP contribution in [0, 0.1) is 0 Å². The van der Waals surface area contributed by atoms with Gasteiger partial charge in [0.15, 0.2) is 5.17 Å². The maximum atomic E-state index is 12.4. The van der Waals surface area contributed by atoms with E-state index in [9.17, 15) is 4.79 Å². The third-order valence-electron chi connectivity index (χ3n) is 3.52. The van der Waals surface area contributed by atoms with E-state index in [-0.39, 0.29) is 5.91 Å². The lowest BCUT2D eigenvalue weighted by atomic mass is 10.0. The van der Waals surface area contributed by atoms with Crippen LogP contribution in [-0.2, 0) is 4.79 Å². The van der Waals surface area contributed by atoms with Crippen LogP contribution < -0.4 is 0 Å². The standard InChI is InChI=1S/C17H17N3OS2/c1-11(2)13-6-4-12(5-7-13)10-14-15(21)20(3)17(23-14)19-16-18-8-9-22-16/h4-11H,1-3H3/b14-10-,19-17+. The van der Waals surface area contributed by atoms with Crippen molar-refractivity contribution in [2.75, 3.05) is 7.05 Å². The molecule has 1 aliphatic rings. The van der Waals surface area contributed by atoms with E-state index in [0.29, 0.717) is 21.1 Å². The summed E-state index contributed by atoms with van der Waals surface area (Å²) >= 11 is 2.84. The minimum Gasteiger partial charge on any atom is -0.289 e. The highest BCUT2D eigenvalue weighted by atomic mass is 32.2. The molecule has 2 aromatic rings. The average Bonchev–Trinajstić information content (AvgIpc) is 3.13. The Morgan fingerprint density at radius 2 is 2.00 bits per heavy atom. The van der Waals surface area contributed by atoms with Crippen LogP contribution in [0.5, 0.6) is 0 Å². The van der Waals surface area contributed by atoms with Crippen LogP contribution in [-0.4, -0.2) is 28.0 Å². The molecule has 1 aromatic heterocycles. The van der Waals surface area contributed by atoms with Gasteiger partial charge in [-0.15, -0.1) is 11.3 Å². The van der Waals surface area contributed by atoms with E-state index < -0.39 is 0 Å². The van der Waals surface area contributed by atoms with E-state index in [4.69, 9.17) is 0 Å². The monoisotopic (exact) mass is 343 g/mol. The lowest BCUT2D eigenvalue weighted by Gasteiger charge is -2.06. The fourth-order valence-corrected chi connectivity index (χ4v) is 3.66. The van der Waals surface area contributed by atoms with Gasteiger partial charge >= 0.3 is 0 Å². The molecule has 0 saturated carbocycles. The molecule has 23 heavy (non-hydrogen) atoms. The first-order valence-corrected chi connectivity index (χ1v) is 9.00. The van der Waals surface area contributed by atoms with Crippen molar-refractivity contribution in [2.24, 2.45) is 4.99 Å². The molecule has 4 nitrogen and oxygen atoms in total. The Hall–Kier alpha value is -1.92. The first kappa shape index (κ1) is 16.0. The highest BCUT2D eigenvalue weighted by Crippen LogP contribution is 2.33. The van der Waals surface area contributed by atoms with Crippen LogP contribution in [0.1, 0.15) is 30.9 Å². The molecule has 1 aromatic carbocycles. The highest BCUT2D eigenvalue weighted by Gasteiger charge is 2.30. The zero-order valence-corrected chi connectivity index (χ0v) is 14.8. The minimum atomic E-state index is -0.0294. The molecule has 0 aliphatic carbocycles. The number of nitrogens with zero attached hydrogens (tertiary/aromatic N) is 3. The second-order valence-corrected chi connectivity index (χ2v) is 7.39. The number of rotatable bonds is 3. The van der Waals surface area contributed by atoms with Crippen LogP contribution in [0.3, 0.4) is 0 Å². The van der Waals surface area contributed by atoms with Crippen LogP contribution >= 0.6 is 23.1 Å². The van der Waals surface area contributed by atoms with Crippen LogP contribution in [0.25, 0.3) is 6.08 Å². The van der Waals surface area contributed by atoms with Crippen molar-refractivity contribution in [3.8, 4) is 0 Å². The number of carbonyl (C=O) groups excluding carboxylic acids is 1. The van der Waals surface area contributed by atoms with Crippen molar-refractivity contribution in [3.63, 3.8) is 0 Å². The molecule has 0 unspecified atom stereocenters. The normalized spacial score (nSPS) is 18.6. The van der Waals surface area contributed by atoms with Gasteiger partial charge in [-0.05, 0) is 34.9 Å². The maximum absolute atomic E-state index is 12.4. The zero-order valence-electron chi connectivity index (χ0n) is 13.2. The van der Waals surface area contributed by atoms with Gasteiger partial charge in [0, 0.05) is 18.6 Å². The molecule has 6 heteroatoms. The van der Waals surface area contributed by atoms with Crippen molar-refractivity contribution < 1.29 is 4.79 Å². The summed E-state index contributed by atoms with van der Waals surface area (Å²) in [6, 6.07) is 8.31. The second kappa shape index (κ2) is 6.68. The number of likely N-dealkylation sites (N-methyl/N-ethyl adjacent to an activating group) is 1. The Balaban J connectivity index is 1.84. The van der Waals surface area contributed by atoms with Crippen LogP contribution in [0.15, 0.2) is 45.7 Å². The highest BCUT2D eigenvalue weighted by molar-refractivity contribution is 8.18. The van der Waals surface area contributed by atoms with Gasteiger partial charge in [0.1, 0.15) is 0 Å². The van der Waals surface area contributed by atoms with Crippen LogP contribution in [0.2, 0.25) is 0 Å². The van der Waals surface area contributed by atoms with Gasteiger partial charge in [-0.2, -0.15) is 4.99 Å². The van der Waals surface area contributed by atoms with E-state index in [1.54, 1.807) is 18.1 Å². The molecule has 0 radical (unpaired) electrons. The summed E-state index contributed by atoms with van der Waals surface area (Å²) in [5, 5.41) is 3.19. The molecule has 3 rings (SSSR count). The fourth-order valence-electron chi connectivity index (χ4n) is 2.13. The number of hydrogen-bond acceptors (Lipinski definition) is 5. The van der Waals surface area contributed by atoms with E-state index in [1.165, 1.54) is 28.7 Å². The number of carbonyl (C=O) groups is 1. The molecule has 0 spiro atoms. The lowest BCUT2D eigenvalue weighted by molar-refractivity contribution is -0.121. The summed E-state index contributed by atoms with van der Waals surface area (Å²) in [4.78, 5) is 23.2. The Morgan fingerprint density at radius 3 is 2.61 bits per heavy atom. The zero-order chi connectivity index (χ0) is 16.4. The van der Waals surface area contributed by atoms with Gasteiger partial charge < -0.3 is 0 Å². The van der Waals surface area contributed by atoms with Gasteiger partial charge in [0.05, 0.1) is 4.91 Å². The summed E-state index contributed by atoms with van der Waals surface area (Å²) in [5.41, 5.74) is 2.31. The molecule has 118 valence electrons. The summed E-state index contributed by atoms with van der Waals surface area (Å²) in [5.74, 6) is 0.473. The van der Waals surface area contributed by atoms with E-state index in [1.807, 2.05) is 23.6 Å². The number of amides is 1. The maximum Gasteiger partial charge on any atom is 0.266 e. The molecular formula is C17H17N3OS2. The number of hydrogen-bond donors (Lipinski definition) is 0. The molecule has 1 amide bonds. The number of aromatic nitrogens is 1. The van der Waals surface area contributed by atoms with Crippen molar-refractivity contribution in [1.82, 2.24) is 9.88 Å². The molecule has 0 bridgehead atoms.